The highest BCUT2D eigenvalue weighted by Crippen LogP contribution is 2.39. The Balaban J connectivity index is 1.18. The van der Waals surface area contributed by atoms with Crippen LogP contribution >= 0.6 is 11.3 Å². The van der Waals surface area contributed by atoms with Crippen LogP contribution in [0, 0.1) is 0 Å². The van der Waals surface area contributed by atoms with E-state index in [1.54, 1.807) is 23.0 Å². The van der Waals surface area contributed by atoms with Crippen LogP contribution in [-0.4, -0.2) is 24.7 Å². The molecule has 0 amide bonds. The van der Waals surface area contributed by atoms with E-state index in [1.807, 2.05) is 47.4 Å². The molecule has 0 atom stereocenters. The van der Waals surface area contributed by atoms with Gasteiger partial charge in [0.1, 0.15) is 21.3 Å². The maximum atomic E-state index is 6.37. The Morgan fingerprint density at radius 1 is 0.675 bits per heavy atom. The summed E-state index contributed by atoms with van der Waals surface area (Å²) in [6.45, 7) is 0. The monoisotopic (exact) mass is 535 g/mol. The minimum Gasteiger partial charge on any atom is -0.450 e. The fourth-order valence-electron chi connectivity index (χ4n) is 5.59. The molecule has 3 aromatic carbocycles. The van der Waals surface area contributed by atoms with Gasteiger partial charge in [-0.25, -0.2) is 9.67 Å². The van der Waals surface area contributed by atoms with Crippen molar-refractivity contribution in [3.05, 3.63) is 103 Å². The van der Waals surface area contributed by atoms with Crippen molar-refractivity contribution in [2.24, 2.45) is 0 Å². The first-order valence-electron chi connectivity index (χ1n) is 12.8. The van der Waals surface area contributed by atoms with Crippen molar-refractivity contribution in [1.29, 1.82) is 0 Å². The molecule has 0 aliphatic heterocycles. The summed E-state index contributed by atoms with van der Waals surface area (Å²) in [5.41, 5.74) is 12.1. The zero-order valence-electron chi connectivity index (χ0n) is 20.8. The topological polar surface area (TPSA) is 82.8 Å². The number of thiazole rings is 1. The summed E-state index contributed by atoms with van der Waals surface area (Å²) in [4.78, 5) is 13.6. The first-order chi connectivity index (χ1) is 19.8. The number of fused-ring (bicyclic) bond motifs is 7. The van der Waals surface area contributed by atoms with Gasteiger partial charge in [0.2, 0.25) is 5.71 Å². The molecular weight excluding hydrogens is 518 g/mol. The number of pyridine rings is 2. The molecule has 0 aliphatic rings. The lowest BCUT2D eigenvalue weighted by Crippen LogP contribution is -1.97. The Kier molecular flexibility index (Phi) is 4.36. The predicted molar refractivity (Wildman–Crippen MR) is 158 cm³/mol. The van der Waals surface area contributed by atoms with Gasteiger partial charge in [0.25, 0.3) is 0 Å². The van der Waals surface area contributed by atoms with E-state index in [2.05, 4.69) is 63.6 Å². The average molecular weight is 536 g/mol. The van der Waals surface area contributed by atoms with Crippen LogP contribution in [-0.2, 0) is 0 Å². The molecule has 0 N–H and O–H groups in total. The van der Waals surface area contributed by atoms with E-state index in [9.17, 15) is 0 Å². The van der Waals surface area contributed by atoms with Crippen molar-refractivity contribution in [1.82, 2.24) is 24.7 Å². The molecule has 0 aliphatic carbocycles. The molecule has 0 spiro atoms. The number of hydrogen-bond acceptors (Lipinski definition) is 7. The van der Waals surface area contributed by atoms with Crippen molar-refractivity contribution in [3.63, 3.8) is 0 Å². The van der Waals surface area contributed by atoms with Crippen molar-refractivity contribution in [2.45, 2.75) is 0 Å². The fourth-order valence-corrected chi connectivity index (χ4v) is 6.30. The lowest BCUT2D eigenvalue weighted by Gasteiger charge is -2.08. The van der Waals surface area contributed by atoms with Crippen LogP contribution in [0.3, 0.4) is 0 Å². The summed E-state index contributed by atoms with van der Waals surface area (Å²) >= 11 is 1.54. The number of benzene rings is 3. The minimum atomic E-state index is 0.627. The third-order valence-corrected chi connectivity index (χ3v) is 8.25. The first-order valence-corrected chi connectivity index (χ1v) is 13.7. The van der Waals surface area contributed by atoms with Gasteiger partial charge in [-0.15, -0.1) is 11.3 Å². The Bertz CT molecular complexity index is 2390. The molecule has 0 saturated heterocycles. The molecule has 0 saturated carbocycles. The second kappa shape index (κ2) is 8.08. The molecule has 6 heterocycles. The van der Waals surface area contributed by atoms with Crippen LogP contribution in [0.1, 0.15) is 0 Å². The number of hydrogen-bond donors (Lipinski definition) is 0. The SMILES string of the molecule is c1ccc2c(-n3ncc4oc5c(-c6ccc(-c7ccnc8c7oc7ncsc78)cc6)ccnc5c43)cccc2c1. The van der Waals surface area contributed by atoms with Crippen LogP contribution in [0.4, 0.5) is 0 Å². The van der Waals surface area contributed by atoms with E-state index in [-0.39, 0.29) is 0 Å². The highest BCUT2D eigenvalue weighted by molar-refractivity contribution is 7.17. The van der Waals surface area contributed by atoms with Crippen molar-refractivity contribution in [3.8, 4) is 27.9 Å². The molecular formula is C32H17N5O2S. The van der Waals surface area contributed by atoms with Gasteiger partial charge in [-0.1, -0.05) is 60.7 Å². The average Bonchev–Trinajstić information content (AvgIpc) is 3.78. The lowest BCUT2D eigenvalue weighted by molar-refractivity contribution is 0.656. The molecule has 188 valence electrons. The fraction of sp³-hybridized carbons (Fsp3) is 0. The molecule has 40 heavy (non-hydrogen) atoms. The number of furan rings is 2. The molecule has 0 fully saturated rings. The van der Waals surface area contributed by atoms with Crippen LogP contribution in [0.15, 0.2) is 112 Å². The second-order valence-corrected chi connectivity index (χ2v) is 10.5. The maximum absolute atomic E-state index is 6.37. The van der Waals surface area contributed by atoms with Gasteiger partial charge in [0.05, 0.1) is 17.4 Å². The maximum Gasteiger partial charge on any atom is 0.240 e. The van der Waals surface area contributed by atoms with Gasteiger partial charge < -0.3 is 8.83 Å². The lowest BCUT2D eigenvalue weighted by atomic mass is 10.0. The molecule has 6 aromatic heterocycles. The molecule has 0 bridgehead atoms. The Morgan fingerprint density at radius 3 is 2.23 bits per heavy atom. The van der Waals surface area contributed by atoms with Gasteiger partial charge in [0.15, 0.2) is 16.7 Å². The summed E-state index contributed by atoms with van der Waals surface area (Å²) in [7, 11) is 0. The molecule has 0 radical (unpaired) electrons. The van der Waals surface area contributed by atoms with Gasteiger partial charge in [0, 0.05) is 28.9 Å². The number of aromatic nitrogens is 5. The van der Waals surface area contributed by atoms with Crippen molar-refractivity contribution < 1.29 is 8.83 Å². The van der Waals surface area contributed by atoms with Gasteiger partial charge in [-0.3, -0.25) is 9.97 Å². The summed E-state index contributed by atoms with van der Waals surface area (Å²) in [5, 5.41) is 6.95. The largest absolute Gasteiger partial charge is 0.450 e. The predicted octanol–water partition coefficient (Wildman–Crippen LogP) is 8.40. The van der Waals surface area contributed by atoms with Crippen molar-refractivity contribution >= 4 is 65.8 Å². The third kappa shape index (κ3) is 2.99. The van der Waals surface area contributed by atoms with E-state index in [0.29, 0.717) is 11.3 Å². The Hall–Kier alpha value is -5.34. The van der Waals surface area contributed by atoms with E-state index >= 15 is 0 Å². The van der Waals surface area contributed by atoms with Crippen LogP contribution in [0.5, 0.6) is 0 Å². The smallest absolute Gasteiger partial charge is 0.240 e. The zero-order chi connectivity index (χ0) is 26.2. The minimum absolute atomic E-state index is 0.627. The molecule has 9 aromatic rings. The third-order valence-electron chi connectivity index (χ3n) is 7.43. The highest BCUT2D eigenvalue weighted by atomic mass is 32.1. The standard InChI is InChI=1S/C32H17N5O2S/c1-2-6-21-18(4-1)5-3-7-24(21)37-28-25(16-36-37)38-29-22(12-14-33-26(28)29)19-8-10-20(11-9-19)23-13-15-34-27-30(23)39-32-31(27)40-17-35-32/h1-17H. The molecule has 7 nitrogen and oxygen atoms in total. The van der Waals surface area contributed by atoms with Crippen molar-refractivity contribution in [2.75, 3.05) is 0 Å². The summed E-state index contributed by atoms with van der Waals surface area (Å²) in [6, 6.07) is 26.9. The number of nitrogens with zero attached hydrogens (tertiary/aromatic N) is 5. The van der Waals surface area contributed by atoms with Crippen LogP contribution < -0.4 is 0 Å². The molecule has 9 rings (SSSR count). The van der Waals surface area contributed by atoms with E-state index < -0.39 is 0 Å². The van der Waals surface area contributed by atoms with Gasteiger partial charge >= 0.3 is 0 Å². The van der Waals surface area contributed by atoms with Crippen LogP contribution in [0.25, 0.3) is 82.4 Å². The second-order valence-electron chi connectivity index (χ2n) is 9.61. The van der Waals surface area contributed by atoms with E-state index in [0.717, 1.165) is 71.1 Å². The van der Waals surface area contributed by atoms with Gasteiger partial charge in [-0.05, 0) is 34.7 Å². The summed E-state index contributed by atoms with van der Waals surface area (Å²) in [5.74, 6) is 0. The Labute approximate surface area is 230 Å². The highest BCUT2D eigenvalue weighted by Gasteiger charge is 2.20. The van der Waals surface area contributed by atoms with Gasteiger partial charge in [-0.2, -0.15) is 5.10 Å². The number of rotatable bonds is 3. The zero-order valence-corrected chi connectivity index (χ0v) is 21.6. The Morgan fingerprint density at radius 2 is 1.40 bits per heavy atom. The van der Waals surface area contributed by atoms with E-state index in [4.69, 9.17) is 13.8 Å². The molecule has 8 heteroatoms. The normalized spacial score (nSPS) is 12.0. The summed E-state index contributed by atoms with van der Waals surface area (Å²) < 4.78 is 15.3. The molecule has 0 unspecified atom stereocenters. The van der Waals surface area contributed by atoms with E-state index in [1.165, 1.54) is 0 Å². The summed E-state index contributed by atoms with van der Waals surface area (Å²) in [6.07, 6.45) is 5.42. The first kappa shape index (κ1) is 21.6. The quantitative estimate of drug-likeness (QED) is 0.226. The van der Waals surface area contributed by atoms with Crippen LogP contribution in [0.2, 0.25) is 0 Å².